The second-order valence-corrected chi connectivity index (χ2v) is 8.55. The van der Waals surface area contributed by atoms with Crippen molar-refractivity contribution in [3.05, 3.63) is 62.5 Å². The number of amidine groups is 1. The van der Waals surface area contributed by atoms with Gasteiger partial charge in [0, 0.05) is 46.9 Å². The van der Waals surface area contributed by atoms with Crippen LogP contribution in [0.3, 0.4) is 0 Å². The summed E-state index contributed by atoms with van der Waals surface area (Å²) in [6.07, 6.45) is -0.542. The third-order valence-electron chi connectivity index (χ3n) is 5.20. The van der Waals surface area contributed by atoms with Gasteiger partial charge in [0.05, 0.1) is 18.7 Å². The van der Waals surface area contributed by atoms with E-state index in [1.165, 1.54) is 23.5 Å². The Balaban J connectivity index is 1.84. The van der Waals surface area contributed by atoms with E-state index in [0.717, 1.165) is 6.07 Å². The van der Waals surface area contributed by atoms with Gasteiger partial charge in [0.15, 0.2) is 10.8 Å². The summed E-state index contributed by atoms with van der Waals surface area (Å²) >= 11 is 7.70. The minimum Gasteiger partial charge on any atom is -0.463 e. The zero-order chi connectivity index (χ0) is 22.8. The Labute approximate surface area is 191 Å². The molecular formula is C21H20ClF3N4O2S. The monoisotopic (exact) mass is 484 g/mol. The van der Waals surface area contributed by atoms with Gasteiger partial charge in [-0.3, -0.25) is 4.99 Å². The summed E-state index contributed by atoms with van der Waals surface area (Å²) in [7, 11) is 0. The van der Waals surface area contributed by atoms with Gasteiger partial charge in [-0.25, -0.2) is 22.9 Å². The molecule has 3 heterocycles. The van der Waals surface area contributed by atoms with Crippen molar-refractivity contribution in [1.82, 2.24) is 15.2 Å². The van der Waals surface area contributed by atoms with E-state index in [9.17, 15) is 18.0 Å². The predicted molar refractivity (Wildman–Crippen MR) is 116 cm³/mol. The number of nitrogens with one attached hydrogen (secondary N) is 1. The highest BCUT2D eigenvalue weighted by molar-refractivity contribution is 7.11. The van der Waals surface area contributed by atoms with Crippen LogP contribution in [0, 0.1) is 5.82 Å². The van der Waals surface area contributed by atoms with Crippen molar-refractivity contribution in [1.29, 1.82) is 0 Å². The Morgan fingerprint density at radius 3 is 2.91 bits per heavy atom. The van der Waals surface area contributed by atoms with Crippen LogP contribution in [0.15, 0.2) is 46.0 Å². The highest BCUT2D eigenvalue weighted by Gasteiger charge is 2.42. The average Bonchev–Trinajstić information content (AvgIpc) is 3.41. The summed E-state index contributed by atoms with van der Waals surface area (Å²) in [5.41, 5.74) is 1.32. The lowest BCUT2D eigenvalue weighted by Crippen LogP contribution is -2.39. The molecule has 170 valence electrons. The van der Waals surface area contributed by atoms with Crippen molar-refractivity contribution >= 4 is 34.7 Å². The normalized spacial score (nSPS) is 20.6. The number of fused-ring (bicyclic) bond motifs is 1. The standard InChI is InChI=1S/C21H20ClF3N4O2S/c1-2-31-21(30)17-15-8-12(27-9-16(24)25)10-29(15)19(20-26-5-6-32-20)28-18(17)13-4-3-11(23)7-14(13)22/h3-7,12,16,18,27H,2,8-10H2,1H3/t12-,18-/m0/s1. The van der Waals surface area contributed by atoms with Crippen LogP contribution in [-0.2, 0) is 9.53 Å². The van der Waals surface area contributed by atoms with E-state index >= 15 is 0 Å². The van der Waals surface area contributed by atoms with Crippen molar-refractivity contribution < 1.29 is 22.7 Å². The molecule has 0 spiro atoms. The minimum atomic E-state index is -2.50. The van der Waals surface area contributed by atoms with Crippen LogP contribution < -0.4 is 5.32 Å². The second-order valence-electron chi connectivity index (χ2n) is 7.25. The Morgan fingerprint density at radius 2 is 2.25 bits per heavy atom. The fourth-order valence-electron chi connectivity index (χ4n) is 3.91. The Kier molecular flexibility index (Phi) is 6.82. The first-order valence-electron chi connectivity index (χ1n) is 10.0. The molecule has 0 saturated carbocycles. The van der Waals surface area contributed by atoms with Crippen LogP contribution in [0.4, 0.5) is 13.2 Å². The van der Waals surface area contributed by atoms with Gasteiger partial charge in [-0.15, -0.1) is 11.3 Å². The van der Waals surface area contributed by atoms with Crippen LogP contribution in [0.5, 0.6) is 0 Å². The molecule has 0 unspecified atom stereocenters. The smallest absolute Gasteiger partial charge is 0.338 e. The van der Waals surface area contributed by atoms with Crippen LogP contribution in [0.1, 0.15) is 30.0 Å². The van der Waals surface area contributed by atoms with E-state index in [2.05, 4.69) is 10.3 Å². The van der Waals surface area contributed by atoms with Gasteiger partial charge in [0.25, 0.3) is 6.43 Å². The summed E-state index contributed by atoms with van der Waals surface area (Å²) in [5, 5.41) is 5.38. The highest BCUT2D eigenvalue weighted by atomic mass is 35.5. The largest absolute Gasteiger partial charge is 0.463 e. The minimum absolute atomic E-state index is 0.124. The highest BCUT2D eigenvalue weighted by Crippen LogP contribution is 2.42. The number of hydrogen-bond acceptors (Lipinski definition) is 7. The molecule has 32 heavy (non-hydrogen) atoms. The number of rotatable bonds is 7. The van der Waals surface area contributed by atoms with Gasteiger partial charge in [0.2, 0.25) is 0 Å². The number of ether oxygens (including phenoxy) is 1. The van der Waals surface area contributed by atoms with Crippen LogP contribution in [0.2, 0.25) is 5.02 Å². The molecule has 0 aliphatic carbocycles. The van der Waals surface area contributed by atoms with Gasteiger partial charge >= 0.3 is 5.97 Å². The summed E-state index contributed by atoms with van der Waals surface area (Å²) in [6.45, 7) is 1.72. The molecule has 1 aromatic heterocycles. The number of carbonyl (C=O) groups excluding carboxylic acids is 1. The van der Waals surface area contributed by atoms with E-state index in [1.54, 1.807) is 18.5 Å². The number of hydrogen-bond donors (Lipinski definition) is 1. The number of thiazole rings is 1. The van der Waals surface area contributed by atoms with Gasteiger partial charge in [-0.05, 0) is 19.1 Å². The van der Waals surface area contributed by atoms with Crippen LogP contribution in [-0.4, -0.2) is 53.9 Å². The maximum Gasteiger partial charge on any atom is 0.338 e. The third kappa shape index (κ3) is 4.53. The van der Waals surface area contributed by atoms with E-state index in [1.807, 2.05) is 4.90 Å². The number of carbonyl (C=O) groups is 1. The predicted octanol–water partition coefficient (Wildman–Crippen LogP) is 4.18. The van der Waals surface area contributed by atoms with Crippen molar-refractivity contribution in [3.8, 4) is 0 Å². The van der Waals surface area contributed by atoms with Gasteiger partial charge in [-0.2, -0.15) is 0 Å². The first-order chi connectivity index (χ1) is 15.4. The lowest BCUT2D eigenvalue weighted by atomic mass is 9.94. The molecule has 1 fully saturated rings. The Morgan fingerprint density at radius 1 is 1.44 bits per heavy atom. The number of aromatic nitrogens is 1. The molecule has 0 amide bonds. The van der Waals surface area contributed by atoms with Crippen LogP contribution in [0.25, 0.3) is 0 Å². The summed E-state index contributed by atoms with van der Waals surface area (Å²) in [6, 6.07) is 2.73. The molecular weight excluding hydrogens is 465 g/mol. The molecule has 0 bridgehead atoms. The number of esters is 1. The number of nitrogens with zero attached hydrogens (tertiary/aromatic N) is 3. The van der Waals surface area contributed by atoms with Gasteiger partial charge in [0.1, 0.15) is 11.9 Å². The number of alkyl halides is 2. The third-order valence-corrected chi connectivity index (χ3v) is 6.29. The molecule has 2 aromatic rings. The van der Waals surface area contributed by atoms with Crippen molar-refractivity contribution in [2.45, 2.75) is 31.9 Å². The number of aliphatic imine (C=N–C) groups is 1. The summed E-state index contributed by atoms with van der Waals surface area (Å²) < 4.78 is 44.6. The topological polar surface area (TPSA) is 66.8 Å². The molecule has 11 heteroatoms. The van der Waals surface area contributed by atoms with Crippen molar-refractivity contribution in [3.63, 3.8) is 0 Å². The molecule has 2 aliphatic heterocycles. The van der Waals surface area contributed by atoms with E-state index < -0.39 is 30.8 Å². The maximum absolute atomic E-state index is 13.7. The Hall–Kier alpha value is -2.43. The number of halogens is 4. The lowest BCUT2D eigenvalue weighted by molar-refractivity contribution is -0.139. The van der Waals surface area contributed by atoms with E-state index in [4.69, 9.17) is 21.3 Å². The zero-order valence-corrected chi connectivity index (χ0v) is 18.6. The van der Waals surface area contributed by atoms with E-state index in [-0.39, 0.29) is 23.2 Å². The van der Waals surface area contributed by atoms with Gasteiger partial charge in [-0.1, -0.05) is 17.7 Å². The maximum atomic E-state index is 13.7. The fourth-order valence-corrected chi connectivity index (χ4v) is 4.82. The molecule has 2 aliphatic rings. The quantitative estimate of drug-likeness (QED) is 0.597. The number of benzene rings is 1. The Bertz CT molecular complexity index is 1060. The van der Waals surface area contributed by atoms with E-state index in [0.29, 0.717) is 35.1 Å². The second kappa shape index (κ2) is 9.60. The molecule has 1 saturated heterocycles. The molecule has 0 radical (unpaired) electrons. The molecule has 1 N–H and O–H groups in total. The first-order valence-corrected chi connectivity index (χ1v) is 11.3. The SMILES string of the molecule is CCOC(=O)C1=C2C[C@H](NCC(F)F)CN2C(c2nccs2)=N[C@H]1c1ccc(F)cc1Cl. The first kappa shape index (κ1) is 22.8. The molecule has 1 aromatic carbocycles. The summed E-state index contributed by atoms with van der Waals surface area (Å²) in [5.74, 6) is -0.577. The van der Waals surface area contributed by atoms with Crippen LogP contribution >= 0.6 is 22.9 Å². The van der Waals surface area contributed by atoms with Crippen molar-refractivity contribution in [2.24, 2.45) is 4.99 Å². The molecule has 2 atom stereocenters. The average molecular weight is 485 g/mol. The van der Waals surface area contributed by atoms with Crippen molar-refractivity contribution in [2.75, 3.05) is 19.7 Å². The molecule has 6 nitrogen and oxygen atoms in total. The fraction of sp³-hybridized carbons (Fsp3) is 0.381. The summed E-state index contributed by atoms with van der Waals surface area (Å²) in [4.78, 5) is 24.0. The van der Waals surface area contributed by atoms with Gasteiger partial charge < -0.3 is 15.0 Å². The molecule has 4 rings (SSSR count). The lowest BCUT2D eigenvalue weighted by Gasteiger charge is -2.31. The zero-order valence-electron chi connectivity index (χ0n) is 17.0.